The zero-order valence-corrected chi connectivity index (χ0v) is 16.9. The van der Waals surface area contributed by atoms with Crippen LogP contribution in [-0.2, 0) is 19.8 Å². The fourth-order valence-electron chi connectivity index (χ4n) is 3.37. The molecule has 0 spiro atoms. The molecule has 12 heteroatoms. The van der Waals surface area contributed by atoms with Crippen LogP contribution >= 0.6 is 0 Å². The van der Waals surface area contributed by atoms with E-state index < -0.39 is 17.3 Å². The predicted molar refractivity (Wildman–Crippen MR) is 113 cm³/mol. The minimum atomic E-state index is -4.53. The summed E-state index contributed by atoms with van der Waals surface area (Å²) in [5.74, 6) is 0.558. The highest BCUT2D eigenvalue weighted by molar-refractivity contribution is 5.74. The molecule has 0 aliphatic carbocycles. The number of likely N-dealkylation sites (tertiary alicyclic amines) is 1. The van der Waals surface area contributed by atoms with Gasteiger partial charge in [-0.05, 0) is 36.3 Å². The lowest BCUT2D eigenvalue weighted by Crippen LogP contribution is -2.30. The van der Waals surface area contributed by atoms with Crippen LogP contribution in [-0.4, -0.2) is 33.8 Å². The van der Waals surface area contributed by atoms with Gasteiger partial charge >= 0.3 is 6.18 Å². The second-order valence-corrected chi connectivity index (χ2v) is 7.48. The molecule has 1 unspecified atom stereocenters. The standard InChI is InChI=1S/C19H25F3N8O/c1-29-18(31)16(26)14(7-15(25)30-3-2-12(23)9-30)17(28-29)27-8-10-4-11(19(20,21)22)6-13(24)5-10/h4-7,12H,2-3,8-9,23-26H2,1H3,(H,27,28)/b15-7+. The van der Waals surface area contributed by atoms with Gasteiger partial charge in [0.2, 0.25) is 0 Å². The van der Waals surface area contributed by atoms with Gasteiger partial charge in [0.15, 0.2) is 5.82 Å². The number of aromatic nitrogens is 2. The number of nitrogens with one attached hydrogen (secondary N) is 1. The number of hydrogen-bond donors (Lipinski definition) is 5. The molecule has 1 saturated heterocycles. The molecule has 9 nitrogen and oxygen atoms in total. The number of halogens is 3. The van der Waals surface area contributed by atoms with E-state index in [4.69, 9.17) is 22.9 Å². The summed E-state index contributed by atoms with van der Waals surface area (Å²) in [5.41, 5.74) is 22.8. The van der Waals surface area contributed by atoms with Crippen molar-refractivity contribution in [2.75, 3.05) is 29.9 Å². The molecule has 3 rings (SSSR count). The van der Waals surface area contributed by atoms with E-state index in [0.29, 0.717) is 18.9 Å². The Labute approximate surface area is 176 Å². The predicted octanol–water partition coefficient (Wildman–Crippen LogP) is 0.866. The molecule has 0 bridgehead atoms. The van der Waals surface area contributed by atoms with Gasteiger partial charge in [-0.1, -0.05) is 0 Å². The van der Waals surface area contributed by atoms with Crippen LogP contribution in [0.2, 0.25) is 0 Å². The van der Waals surface area contributed by atoms with Gasteiger partial charge in [-0.2, -0.15) is 18.3 Å². The van der Waals surface area contributed by atoms with Crippen molar-refractivity contribution in [3.8, 4) is 0 Å². The Balaban J connectivity index is 1.93. The second-order valence-electron chi connectivity index (χ2n) is 7.48. The van der Waals surface area contributed by atoms with Crippen LogP contribution in [0.25, 0.3) is 6.08 Å². The highest BCUT2D eigenvalue weighted by Gasteiger charge is 2.31. The second kappa shape index (κ2) is 8.38. The highest BCUT2D eigenvalue weighted by Crippen LogP contribution is 2.31. The summed E-state index contributed by atoms with van der Waals surface area (Å²) in [6, 6.07) is 3.27. The van der Waals surface area contributed by atoms with E-state index in [9.17, 15) is 18.0 Å². The van der Waals surface area contributed by atoms with Crippen LogP contribution in [0.15, 0.2) is 28.8 Å². The third-order valence-electron chi connectivity index (χ3n) is 5.00. The van der Waals surface area contributed by atoms with Gasteiger partial charge in [0.1, 0.15) is 5.69 Å². The lowest BCUT2D eigenvalue weighted by Gasteiger charge is -2.19. The fourth-order valence-corrected chi connectivity index (χ4v) is 3.37. The normalized spacial score (nSPS) is 17.3. The maximum Gasteiger partial charge on any atom is 0.416 e. The summed E-state index contributed by atoms with van der Waals surface area (Å²) in [6.45, 7) is 1.19. The van der Waals surface area contributed by atoms with Gasteiger partial charge in [0, 0.05) is 38.4 Å². The molecule has 1 aromatic heterocycles. The van der Waals surface area contributed by atoms with Crippen molar-refractivity contribution in [2.24, 2.45) is 18.5 Å². The van der Waals surface area contributed by atoms with E-state index in [2.05, 4.69) is 10.4 Å². The first kappa shape index (κ1) is 22.3. The molecular formula is C19H25F3N8O. The van der Waals surface area contributed by atoms with Crippen molar-refractivity contribution in [1.82, 2.24) is 14.7 Å². The molecule has 1 atom stereocenters. The van der Waals surface area contributed by atoms with Gasteiger partial charge in [0.25, 0.3) is 5.56 Å². The summed E-state index contributed by atoms with van der Waals surface area (Å²) < 4.78 is 40.2. The molecule has 168 valence electrons. The van der Waals surface area contributed by atoms with Gasteiger partial charge in [-0.3, -0.25) is 4.79 Å². The van der Waals surface area contributed by atoms with Crippen molar-refractivity contribution >= 4 is 23.3 Å². The van der Waals surface area contributed by atoms with Crippen molar-refractivity contribution in [3.05, 3.63) is 51.1 Å². The van der Waals surface area contributed by atoms with Crippen LogP contribution in [0.1, 0.15) is 23.1 Å². The Morgan fingerprint density at radius 1 is 1.32 bits per heavy atom. The average Bonchev–Trinajstić information content (AvgIpc) is 3.12. The topological polar surface area (TPSA) is 154 Å². The van der Waals surface area contributed by atoms with Crippen LogP contribution in [0.5, 0.6) is 0 Å². The summed E-state index contributed by atoms with van der Waals surface area (Å²) in [7, 11) is 1.42. The third-order valence-corrected chi connectivity index (χ3v) is 5.00. The maximum atomic E-state index is 13.1. The SMILES string of the molecule is Cn1nc(NCc2cc(N)cc(C(F)(F)F)c2)c(/C=C(\N)N2CCC(N)C2)c(N)c1=O. The molecule has 1 aliphatic heterocycles. The molecule has 31 heavy (non-hydrogen) atoms. The van der Waals surface area contributed by atoms with Gasteiger partial charge in [0.05, 0.1) is 16.9 Å². The molecule has 1 aliphatic rings. The van der Waals surface area contributed by atoms with E-state index in [0.717, 1.165) is 23.2 Å². The summed E-state index contributed by atoms with van der Waals surface area (Å²) >= 11 is 0. The third kappa shape index (κ3) is 5.02. The maximum absolute atomic E-state index is 13.1. The van der Waals surface area contributed by atoms with E-state index in [1.54, 1.807) is 0 Å². The number of benzene rings is 1. The molecule has 9 N–H and O–H groups in total. The molecule has 1 aromatic carbocycles. The quantitative estimate of drug-likeness (QED) is 0.431. The van der Waals surface area contributed by atoms with Gasteiger partial charge in [-0.15, -0.1) is 0 Å². The van der Waals surface area contributed by atoms with E-state index >= 15 is 0 Å². The summed E-state index contributed by atoms with van der Waals surface area (Å²) in [5, 5.41) is 7.09. The Bertz CT molecular complexity index is 1060. The molecule has 0 amide bonds. The number of nitrogens with two attached hydrogens (primary N) is 4. The van der Waals surface area contributed by atoms with Crippen LogP contribution in [0.3, 0.4) is 0 Å². The molecule has 1 fully saturated rings. The number of rotatable bonds is 5. The first-order valence-corrected chi connectivity index (χ1v) is 9.50. The van der Waals surface area contributed by atoms with Crippen molar-refractivity contribution < 1.29 is 13.2 Å². The van der Waals surface area contributed by atoms with Crippen molar-refractivity contribution in [1.29, 1.82) is 0 Å². The van der Waals surface area contributed by atoms with Gasteiger partial charge < -0.3 is 33.2 Å². The van der Waals surface area contributed by atoms with Crippen LogP contribution < -0.4 is 33.8 Å². The first-order chi connectivity index (χ1) is 14.5. The van der Waals surface area contributed by atoms with Crippen molar-refractivity contribution in [3.63, 3.8) is 0 Å². The highest BCUT2D eigenvalue weighted by atomic mass is 19.4. The largest absolute Gasteiger partial charge is 0.416 e. The molecule has 2 aromatic rings. The van der Waals surface area contributed by atoms with Crippen LogP contribution in [0.4, 0.5) is 30.4 Å². The number of hydrogen-bond acceptors (Lipinski definition) is 8. The Morgan fingerprint density at radius 2 is 2.03 bits per heavy atom. The minimum Gasteiger partial charge on any atom is -0.399 e. The van der Waals surface area contributed by atoms with E-state index in [-0.39, 0.29) is 40.9 Å². The lowest BCUT2D eigenvalue weighted by molar-refractivity contribution is -0.137. The number of aryl methyl sites for hydroxylation is 1. The summed E-state index contributed by atoms with van der Waals surface area (Å²) in [6.07, 6.45) is -2.23. The first-order valence-electron chi connectivity index (χ1n) is 9.50. The fraction of sp³-hybridized carbons (Fsp3) is 0.368. The number of nitrogen functional groups attached to an aromatic ring is 2. The Hall–Kier alpha value is -3.41. The monoisotopic (exact) mass is 438 g/mol. The van der Waals surface area contributed by atoms with Crippen molar-refractivity contribution in [2.45, 2.75) is 25.2 Å². The zero-order valence-electron chi connectivity index (χ0n) is 16.9. The number of alkyl halides is 3. The van der Waals surface area contributed by atoms with Gasteiger partial charge in [-0.25, -0.2) is 4.68 Å². The molecule has 2 heterocycles. The number of anilines is 3. The van der Waals surface area contributed by atoms with E-state index in [1.807, 2.05) is 4.90 Å². The molecular weight excluding hydrogens is 413 g/mol. The lowest BCUT2D eigenvalue weighted by atomic mass is 10.1. The average molecular weight is 438 g/mol. The Kier molecular flexibility index (Phi) is 6.02. The van der Waals surface area contributed by atoms with Crippen LogP contribution in [0, 0.1) is 0 Å². The minimum absolute atomic E-state index is 0.00460. The smallest absolute Gasteiger partial charge is 0.399 e. The Morgan fingerprint density at radius 3 is 2.65 bits per heavy atom. The molecule has 0 saturated carbocycles. The van der Waals surface area contributed by atoms with E-state index in [1.165, 1.54) is 19.2 Å². The zero-order chi connectivity index (χ0) is 22.9. The number of nitrogens with zero attached hydrogens (tertiary/aromatic N) is 3. The summed E-state index contributed by atoms with van der Waals surface area (Å²) in [4.78, 5) is 14.1. The molecule has 0 radical (unpaired) electrons.